The van der Waals surface area contributed by atoms with Crippen molar-refractivity contribution in [1.29, 1.82) is 0 Å². The minimum absolute atomic E-state index is 0.110. The van der Waals surface area contributed by atoms with E-state index in [1.165, 1.54) is 25.3 Å². The van der Waals surface area contributed by atoms with Crippen molar-refractivity contribution < 1.29 is 32.2 Å². The number of aromatic carboxylic acids is 1. The van der Waals surface area contributed by atoms with E-state index in [4.69, 9.17) is 14.8 Å². The number of methoxy groups -OCH3 is 1. The number of benzene rings is 3. The molecule has 202 valence electrons. The Morgan fingerprint density at radius 1 is 1.05 bits per heavy atom. The summed E-state index contributed by atoms with van der Waals surface area (Å²) >= 11 is 1.09. The number of rotatable bonds is 7. The number of fused-ring (bicyclic) bond motifs is 1. The van der Waals surface area contributed by atoms with E-state index >= 15 is 0 Å². The molecule has 1 aliphatic rings. The van der Waals surface area contributed by atoms with Crippen molar-refractivity contribution in [3.8, 4) is 11.4 Å². The number of imidazole rings is 1. The quantitative estimate of drug-likeness (QED) is 0.195. The Kier molecular flexibility index (Phi) is 7.15. The van der Waals surface area contributed by atoms with Gasteiger partial charge in [-0.15, -0.1) is 0 Å². The molecule has 5 rings (SSSR count). The van der Waals surface area contributed by atoms with Crippen LogP contribution in [0.4, 0.5) is 17.6 Å². The van der Waals surface area contributed by atoms with Gasteiger partial charge in [-0.3, -0.25) is 4.57 Å². The van der Waals surface area contributed by atoms with Crippen molar-refractivity contribution in [2.45, 2.75) is 42.5 Å². The molecule has 0 amide bonds. The van der Waals surface area contributed by atoms with Crippen molar-refractivity contribution in [3.63, 3.8) is 0 Å². The lowest BCUT2D eigenvalue weighted by Gasteiger charge is -2.36. The van der Waals surface area contributed by atoms with Crippen LogP contribution < -0.4 is 4.74 Å². The van der Waals surface area contributed by atoms with Gasteiger partial charge >= 0.3 is 5.97 Å². The van der Waals surface area contributed by atoms with Crippen LogP contribution >= 0.6 is 11.8 Å². The predicted molar refractivity (Wildman–Crippen MR) is 139 cm³/mol. The van der Waals surface area contributed by atoms with Crippen LogP contribution in [0.3, 0.4) is 0 Å². The first-order valence-electron chi connectivity index (χ1n) is 12.2. The van der Waals surface area contributed by atoms with Crippen LogP contribution in [0.15, 0.2) is 59.8 Å². The second-order valence-corrected chi connectivity index (χ2v) is 10.5. The summed E-state index contributed by atoms with van der Waals surface area (Å²) in [5, 5.41) is 9.53. The highest BCUT2D eigenvalue weighted by Gasteiger charge is 2.40. The Morgan fingerprint density at radius 3 is 2.38 bits per heavy atom. The van der Waals surface area contributed by atoms with Gasteiger partial charge in [0.05, 0.1) is 24.1 Å². The molecule has 5 nitrogen and oxygen atoms in total. The molecular weight excluding hydrogens is 532 g/mol. The van der Waals surface area contributed by atoms with Gasteiger partial charge in [0, 0.05) is 22.4 Å². The Hall–Kier alpha value is -3.79. The minimum Gasteiger partial charge on any atom is -0.494 e. The number of nitrogens with zero attached hydrogens (tertiary/aromatic N) is 2. The third-order valence-corrected chi connectivity index (χ3v) is 8.10. The van der Waals surface area contributed by atoms with Crippen LogP contribution in [-0.2, 0) is 17.6 Å². The van der Waals surface area contributed by atoms with Crippen LogP contribution in [0.5, 0.6) is 5.75 Å². The summed E-state index contributed by atoms with van der Waals surface area (Å²) in [6.45, 7) is 2.03. The molecule has 3 aromatic carbocycles. The summed E-state index contributed by atoms with van der Waals surface area (Å²) < 4.78 is 64.6. The molecular formula is C29H24F4N2O3S. The van der Waals surface area contributed by atoms with Gasteiger partial charge in [-0.2, -0.15) is 0 Å². The SMILES string of the molecule is COc1cc(C2(C)CCCc3nc(SCc4c(F)cc(C(=O)O)cc4F)n(-c4ccc(F)cc4)c32)ccc1F. The van der Waals surface area contributed by atoms with Crippen molar-refractivity contribution in [3.05, 3.63) is 106 Å². The molecule has 39 heavy (non-hydrogen) atoms. The summed E-state index contributed by atoms with van der Waals surface area (Å²) in [4.78, 5) is 16.0. The fraction of sp³-hybridized carbons (Fsp3) is 0.241. The number of thioether (sulfide) groups is 1. The molecule has 1 N–H and O–H groups in total. The van der Waals surface area contributed by atoms with Crippen molar-refractivity contribution in [1.82, 2.24) is 9.55 Å². The van der Waals surface area contributed by atoms with Gasteiger partial charge in [0.2, 0.25) is 0 Å². The number of hydrogen-bond acceptors (Lipinski definition) is 4. The Morgan fingerprint density at radius 2 is 1.74 bits per heavy atom. The zero-order chi connectivity index (χ0) is 27.9. The number of halogens is 4. The first-order valence-corrected chi connectivity index (χ1v) is 13.2. The summed E-state index contributed by atoms with van der Waals surface area (Å²) in [5.74, 6) is -4.31. The maximum atomic E-state index is 14.7. The van der Waals surface area contributed by atoms with Crippen LogP contribution in [0.1, 0.15) is 52.6 Å². The van der Waals surface area contributed by atoms with Gasteiger partial charge < -0.3 is 9.84 Å². The van der Waals surface area contributed by atoms with E-state index in [1.807, 2.05) is 11.5 Å². The van der Waals surface area contributed by atoms with E-state index in [0.717, 1.165) is 47.3 Å². The molecule has 0 bridgehead atoms. The predicted octanol–water partition coefficient (Wildman–Crippen LogP) is 7.07. The molecule has 1 aliphatic carbocycles. The maximum Gasteiger partial charge on any atom is 0.335 e. The van der Waals surface area contributed by atoms with Gasteiger partial charge in [0.25, 0.3) is 0 Å². The van der Waals surface area contributed by atoms with Crippen LogP contribution in [0.25, 0.3) is 5.69 Å². The highest BCUT2D eigenvalue weighted by atomic mass is 32.2. The second-order valence-electron chi connectivity index (χ2n) is 9.55. The topological polar surface area (TPSA) is 64.3 Å². The number of ether oxygens (including phenoxy) is 1. The van der Waals surface area contributed by atoms with E-state index in [-0.39, 0.29) is 17.1 Å². The highest BCUT2D eigenvalue weighted by molar-refractivity contribution is 7.98. The standard InChI is InChI=1S/C29H24F4N2O3S/c1-29(17-5-10-21(31)25(14-17)38-2)11-3-4-24-26(29)35(19-8-6-18(30)7-9-19)28(34-24)39-15-20-22(32)12-16(27(36)37)13-23(20)33/h5-10,12-14H,3-4,11,15H2,1-2H3,(H,36,37). The number of aryl methyl sites for hydroxylation is 1. The Balaban J connectivity index is 1.63. The van der Waals surface area contributed by atoms with Crippen molar-refractivity contribution >= 4 is 17.7 Å². The normalized spacial score (nSPS) is 16.7. The monoisotopic (exact) mass is 556 g/mol. The zero-order valence-corrected chi connectivity index (χ0v) is 21.9. The van der Waals surface area contributed by atoms with Gasteiger partial charge in [0.15, 0.2) is 16.7 Å². The summed E-state index contributed by atoms with van der Waals surface area (Å²) in [6.07, 6.45) is 2.17. The minimum atomic E-state index is -1.43. The number of hydrogen-bond donors (Lipinski definition) is 1. The van der Waals surface area contributed by atoms with Crippen LogP contribution in [0, 0.1) is 23.3 Å². The molecule has 1 unspecified atom stereocenters. The maximum absolute atomic E-state index is 14.7. The van der Waals surface area contributed by atoms with E-state index in [2.05, 4.69) is 0 Å². The molecule has 0 aliphatic heterocycles. The largest absolute Gasteiger partial charge is 0.494 e. The fourth-order valence-corrected chi connectivity index (χ4v) is 6.17. The summed E-state index contributed by atoms with van der Waals surface area (Å²) in [7, 11) is 1.40. The van der Waals surface area contributed by atoms with E-state index in [9.17, 15) is 22.4 Å². The molecule has 0 radical (unpaired) electrons. The van der Waals surface area contributed by atoms with Gasteiger partial charge in [-0.25, -0.2) is 27.3 Å². The molecule has 0 saturated carbocycles. The van der Waals surface area contributed by atoms with Gasteiger partial charge in [-0.05, 0) is 80.3 Å². The Bertz CT molecular complexity index is 1550. The smallest absolute Gasteiger partial charge is 0.335 e. The van der Waals surface area contributed by atoms with E-state index < -0.39 is 40.2 Å². The van der Waals surface area contributed by atoms with Crippen molar-refractivity contribution in [2.75, 3.05) is 7.11 Å². The molecule has 4 aromatic rings. The fourth-order valence-electron chi connectivity index (χ4n) is 5.12. The lowest BCUT2D eigenvalue weighted by molar-refractivity contribution is 0.0695. The molecule has 0 fully saturated rings. The van der Waals surface area contributed by atoms with Gasteiger partial charge in [0.1, 0.15) is 17.5 Å². The number of carbonyl (C=O) groups is 1. The number of carboxylic acid groups (broad SMARTS) is 1. The molecule has 0 spiro atoms. The third kappa shape index (κ3) is 4.89. The van der Waals surface area contributed by atoms with Gasteiger partial charge in [-0.1, -0.05) is 17.8 Å². The molecule has 0 saturated heterocycles. The number of aromatic nitrogens is 2. The first kappa shape index (κ1) is 26.8. The zero-order valence-electron chi connectivity index (χ0n) is 21.1. The average Bonchev–Trinajstić information content (AvgIpc) is 3.28. The number of carboxylic acids is 1. The van der Waals surface area contributed by atoms with Crippen LogP contribution in [0.2, 0.25) is 0 Å². The highest BCUT2D eigenvalue weighted by Crippen LogP contribution is 2.46. The molecule has 1 heterocycles. The second kappa shape index (κ2) is 10.4. The first-order chi connectivity index (χ1) is 18.6. The molecule has 1 aromatic heterocycles. The molecule has 10 heteroatoms. The summed E-state index contributed by atoms with van der Waals surface area (Å²) in [6, 6.07) is 12.1. The third-order valence-electron chi connectivity index (χ3n) is 7.14. The molecule has 1 atom stereocenters. The Labute approximate surface area is 226 Å². The lowest BCUT2D eigenvalue weighted by atomic mass is 9.71. The van der Waals surface area contributed by atoms with E-state index in [1.54, 1.807) is 24.3 Å². The van der Waals surface area contributed by atoms with Crippen molar-refractivity contribution in [2.24, 2.45) is 0 Å². The summed E-state index contributed by atoms with van der Waals surface area (Å²) in [5.41, 5.74) is 1.63. The van der Waals surface area contributed by atoms with Crippen LogP contribution in [-0.4, -0.2) is 27.7 Å². The average molecular weight is 557 g/mol. The van der Waals surface area contributed by atoms with E-state index in [0.29, 0.717) is 23.7 Å². The lowest BCUT2D eigenvalue weighted by Crippen LogP contribution is -2.31.